The average molecular weight is 351 g/mol. The Morgan fingerprint density at radius 1 is 1.08 bits per heavy atom. The lowest BCUT2D eigenvalue weighted by Crippen LogP contribution is -2.47. The fourth-order valence-corrected chi connectivity index (χ4v) is 4.13. The van der Waals surface area contributed by atoms with Crippen LogP contribution in [0, 0.1) is 13.8 Å². The number of aliphatic hydroxyl groups is 1. The van der Waals surface area contributed by atoms with Crippen LogP contribution in [0.3, 0.4) is 0 Å². The summed E-state index contributed by atoms with van der Waals surface area (Å²) in [6, 6.07) is 12.9. The third-order valence-corrected chi connectivity index (χ3v) is 5.94. The number of benzene rings is 2. The largest absolute Gasteiger partial charge is 0.387 e. The zero-order valence-electron chi connectivity index (χ0n) is 15.8. The molecule has 0 saturated carbocycles. The van der Waals surface area contributed by atoms with Crippen molar-refractivity contribution in [1.29, 1.82) is 0 Å². The van der Waals surface area contributed by atoms with Crippen molar-refractivity contribution in [2.45, 2.75) is 26.4 Å². The first kappa shape index (κ1) is 17.4. The summed E-state index contributed by atoms with van der Waals surface area (Å²) >= 11 is 0. The van der Waals surface area contributed by atoms with Gasteiger partial charge in [0, 0.05) is 50.6 Å². The Kier molecular flexibility index (Phi) is 4.88. The van der Waals surface area contributed by atoms with Crippen molar-refractivity contribution in [2.24, 2.45) is 0 Å². The summed E-state index contributed by atoms with van der Waals surface area (Å²) in [5, 5.41) is 14.1. The lowest BCUT2D eigenvalue weighted by atomic mass is 10.0. The standard InChI is InChI=1S/C22H29N3O/c1-16-4-3-5-21(17(16)2)25-12-10-24(11-13-25)15-22(26)19-6-7-20-18(14-19)8-9-23-20/h3-7,14,22-23,26H,8-13,15H2,1-2H3/t22-/m1/s1. The van der Waals surface area contributed by atoms with E-state index in [1.807, 2.05) is 0 Å². The molecule has 0 spiro atoms. The van der Waals surface area contributed by atoms with E-state index in [9.17, 15) is 5.11 Å². The van der Waals surface area contributed by atoms with Gasteiger partial charge in [-0.1, -0.05) is 24.3 Å². The molecule has 1 atom stereocenters. The Labute approximate surface area is 156 Å². The zero-order chi connectivity index (χ0) is 18.1. The number of nitrogens with one attached hydrogen (secondary N) is 1. The van der Waals surface area contributed by atoms with Gasteiger partial charge in [0.2, 0.25) is 0 Å². The van der Waals surface area contributed by atoms with Gasteiger partial charge in [-0.2, -0.15) is 0 Å². The van der Waals surface area contributed by atoms with E-state index < -0.39 is 6.10 Å². The number of β-amino-alcohol motifs (C(OH)–C–C–N with tert-alkyl or cyclic N) is 1. The number of piperazine rings is 1. The van der Waals surface area contributed by atoms with Crippen LogP contribution >= 0.6 is 0 Å². The maximum atomic E-state index is 10.7. The van der Waals surface area contributed by atoms with Crippen LogP contribution < -0.4 is 10.2 Å². The maximum absolute atomic E-state index is 10.7. The molecule has 1 saturated heterocycles. The van der Waals surface area contributed by atoms with Crippen LogP contribution in [0.1, 0.15) is 28.4 Å². The van der Waals surface area contributed by atoms with Gasteiger partial charge in [0.05, 0.1) is 6.10 Å². The molecule has 1 fully saturated rings. The van der Waals surface area contributed by atoms with Crippen molar-refractivity contribution in [3.05, 3.63) is 58.7 Å². The van der Waals surface area contributed by atoms with Crippen molar-refractivity contribution < 1.29 is 5.11 Å². The minimum absolute atomic E-state index is 0.409. The molecule has 2 N–H and O–H groups in total. The molecule has 4 rings (SSSR count). The molecule has 0 radical (unpaired) electrons. The first-order valence-corrected chi connectivity index (χ1v) is 9.70. The molecule has 2 aromatic carbocycles. The molecule has 0 unspecified atom stereocenters. The van der Waals surface area contributed by atoms with Crippen molar-refractivity contribution in [1.82, 2.24) is 4.90 Å². The number of aliphatic hydroxyl groups excluding tert-OH is 1. The lowest BCUT2D eigenvalue weighted by molar-refractivity contribution is 0.109. The highest BCUT2D eigenvalue weighted by Crippen LogP contribution is 2.27. The molecule has 0 aromatic heterocycles. The number of aryl methyl sites for hydroxylation is 1. The Balaban J connectivity index is 1.35. The Morgan fingerprint density at radius 2 is 1.88 bits per heavy atom. The summed E-state index contributed by atoms with van der Waals surface area (Å²) in [6.45, 7) is 10.1. The summed E-state index contributed by atoms with van der Waals surface area (Å²) < 4.78 is 0. The van der Waals surface area contributed by atoms with Crippen LogP contribution in [0.25, 0.3) is 0 Å². The van der Waals surface area contributed by atoms with Gasteiger partial charge in [0.25, 0.3) is 0 Å². The molecule has 2 aromatic rings. The lowest BCUT2D eigenvalue weighted by Gasteiger charge is -2.37. The summed E-state index contributed by atoms with van der Waals surface area (Å²) in [5.41, 5.74) is 7.70. The third-order valence-electron chi connectivity index (χ3n) is 5.94. The van der Waals surface area contributed by atoms with E-state index in [4.69, 9.17) is 0 Å². The number of nitrogens with zero attached hydrogens (tertiary/aromatic N) is 2. The van der Waals surface area contributed by atoms with Crippen LogP contribution in [-0.2, 0) is 6.42 Å². The Hall–Kier alpha value is -2.04. The molecule has 2 aliphatic rings. The van der Waals surface area contributed by atoms with Crippen molar-refractivity contribution in [3.63, 3.8) is 0 Å². The first-order chi connectivity index (χ1) is 12.6. The van der Waals surface area contributed by atoms with E-state index in [0.717, 1.165) is 44.7 Å². The summed E-state index contributed by atoms with van der Waals surface area (Å²) in [4.78, 5) is 4.87. The monoisotopic (exact) mass is 351 g/mol. The van der Waals surface area contributed by atoms with E-state index in [2.05, 4.69) is 65.4 Å². The molecule has 0 aliphatic carbocycles. The molecule has 2 aliphatic heterocycles. The second-order valence-corrected chi connectivity index (χ2v) is 7.62. The normalized spacial score (nSPS) is 18.5. The van der Waals surface area contributed by atoms with Crippen LogP contribution in [0.2, 0.25) is 0 Å². The molecule has 4 nitrogen and oxygen atoms in total. The van der Waals surface area contributed by atoms with E-state index >= 15 is 0 Å². The summed E-state index contributed by atoms with van der Waals surface area (Å²) in [7, 11) is 0. The highest BCUT2D eigenvalue weighted by molar-refractivity contribution is 5.57. The molecule has 26 heavy (non-hydrogen) atoms. The second-order valence-electron chi connectivity index (χ2n) is 7.62. The number of rotatable bonds is 4. The summed E-state index contributed by atoms with van der Waals surface area (Å²) in [5.74, 6) is 0. The Bertz CT molecular complexity index is 781. The van der Waals surface area contributed by atoms with E-state index in [1.165, 1.54) is 28.1 Å². The van der Waals surface area contributed by atoms with Gasteiger partial charge in [0.15, 0.2) is 0 Å². The Morgan fingerprint density at radius 3 is 2.69 bits per heavy atom. The highest BCUT2D eigenvalue weighted by atomic mass is 16.3. The third kappa shape index (κ3) is 3.44. The van der Waals surface area contributed by atoms with Crippen LogP contribution in [-0.4, -0.2) is 49.3 Å². The van der Waals surface area contributed by atoms with Gasteiger partial charge in [0.1, 0.15) is 0 Å². The van der Waals surface area contributed by atoms with Gasteiger partial charge in [-0.3, -0.25) is 4.90 Å². The quantitative estimate of drug-likeness (QED) is 0.888. The average Bonchev–Trinajstić information content (AvgIpc) is 3.12. The van der Waals surface area contributed by atoms with Crippen molar-refractivity contribution >= 4 is 11.4 Å². The van der Waals surface area contributed by atoms with E-state index in [-0.39, 0.29) is 0 Å². The van der Waals surface area contributed by atoms with Gasteiger partial charge in [-0.15, -0.1) is 0 Å². The minimum Gasteiger partial charge on any atom is -0.387 e. The predicted molar refractivity (Wildman–Crippen MR) is 108 cm³/mol. The molecule has 0 amide bonds. The zero-order valence-corrected chi connectivity index (χ0v) is 15.8. The molecule has 4 heteroatoms. The highest BCUT2D eigenvalue weighted by Gasteiger charge is 2.22. The molecular weight excluding hydrogens is 322 g/mol. The molecule has 0 bridgehead atoms. The van der Waals surface area contributed by atoms with Gasteiger partial charge in [-0.05, 0) is 54.7 Å². The summed E-state index contributed by atoms with van der Waals surface area (Å²) in [6.07, 6.45) is 0.651. The van der Waals surface area contributed by atoms with Crippen LogP contribution in [0.5, 0.6) is 0 Å². The van der Waals surface area contributed by atoms with Crippen LogP contribution in [0.4, 0.5) is 11.4 Å². The number of anilines is 2. The molecular formula is C22H29N3O. The fourth-order valence-electron chi connectivity index (χ4n) is 4.13. The SMILES string of the molecule is Cc1cccc(N2CCN(C[C@@H](O)c3ccc4c(c3)CCN4)CC2)c1C. The molecule has 2 heterocycles. The number of hydrogen-bond acceptors (Lipinski definition) is 4. The van der Waals surface area contributed by atoms with Crippen LogP contribution in [0.15, 0.2) is 36.4 Å². The molecule has 138 valence electrons. The topological polar surface area (TPSA) is 38.7 Å². The maximum Gasteiger partial charge on any atom is 0.0917 e. The van der Waals surface area contributed by atoms with Crippen molar-refractivity contribution in [2.75, 3.05) is 49.5 Å². The fraction of sp³-hybridized carbons (Fsp3) is 0.455. The van der Waals surface area contributed by atoms with E-state index in [1.54, 1.807) is 0 Å². The number of fused-ring (bicyclic) bond motifs is 1. The number of hydrogen-bond donors (Lipinski definition) is 2. The first-order valence-electron chi connectivity index (χ1n) is 9.70. The predicted octanol–water partition coefficient (Wildman–Crippen LogP) is 3.13. The van der Waals surface area contributed by atoms with Crippen molar-refractivity contribution in [3.8, 4) is 0 Å². The van der Waals surface area contributed by atoms with Gasteiger partial charge < -0.3 is 15.3 Å². The van der Waals surface area contributed by atoms with Gasteiger partial charge in [-0.25, -0.2) is 0 Å². The minimum atomic E-state index is -0.409. The van der Waals surface area contributed by atoms with E-state index in [0.29, 0.717) is 6.54 Å². The smallest absolute Gasteiger partial charge is 0.0917 e. The van der Waals surface area contributed by atoms with Gasteiger partial charge >= 0.3 is 0 Å². The second kappa shape index (κ2) is 7.29.